The molecule has 2 N–H and O–H groups in total. The van der Waals surface area contributed by atoms with E-state index in [1.54, 1.807) is 25.8 Å². The Morgan fingerprint density at radius 3 is 2.65 bits per heavy atom. The molecule has 0 aliphatic carbocycles. The maximum atomic E-state index is 11.3. The Hall–Kier alpha value is -1.96. The molecule has 0 aliphatic heterocycles. The molecule has 1 aromatic rings. The minimum Gasteiger partial charge on any atom is -0.389 e. The lowest BCUT2D eigenvalue weighted by molar-refractivity contribution is -0.383. The second-order valence-corrected chi connectivity index (χ2v) is 5.25. The number of nitrogens with zero attached hydrogens (tertiary/aromatic N) is 4. The van der Waals surface area contributed by atoms with Crippen LogP contribution in [0.3, 0.4) is 0 Å². The summed E-state index contributed by atoms with van der Waals surface area (Å²) in [5.41, 5.74) is -1.15. The number of rotatable bonds is 7. The van der Waals surface area contributed by atoms with Gasteiger partial charge in [-0.15, -0.1) is 0 Å². The Kier molecular flexibility index (Phi) is 5.20. The van der Waals surface area contributed by atoms with Gasteiger partial charge in [0.25, 0.3) is 0 Å². The Bertz CT molecular complexity index is 473. The number of nitro groups is 1. The third-order valence-electron chi connectivity index (χ3n) is 2.51. The van der Waals surface area contributed by atoms with Crippen LogP contribution in [-0.4, -0.2) is 45.7 Å². The van der Waals surface area contributed by atoms with E-state index >= 15 is 0 Å². The fourth-order valence-corrected chi connectivity index (χ4v) is 1.84. The van der Waals surface area contributed by atoms with Gasteiger partial charge in [-0.25, -0.2) is 9.97 Å². The highest BCUT2D eigenvalue weighted by molar-refractivity contribution is 5.70. The first-order valence-electron chi connectivity index (χ1n) is 6.43. The van der Waals surface area contributed by atoms with Crippen LogP contribution >= 0.6 is 0 Å². The van der Waals surface area contributed by atoms with Crippen LogP contribution in [0.5, 0.6) is 0 Å². The molecule has 0 spiro atoms. The molecule has 1 heterocycles. The molecule has 0 bridgehead atoms. The molecule has 0 radical (unpaired) electrons. The highest BCUT2D eigenvalue weighted by atomic mass is 16.6. The van der Waals surface area contributed by atoms with Crippen LogP contribution in [-0.2, 0) is 0 Å². The largest absolute Gasteiger partial charge is 0.389 e. The van der Waals surface area contributed by atoms with Crippen molar-refractivity contribution in [1.82, 2.24) is 9.97 Å². The minimum atomic E-state index is -0.982. The number of likely N-dealkylation sites (N-methyl/N-ethyl adjacent to an activating group) is 1. The zero-order chi connectivity index (χ0) is 15.3. The molecule has 1 rings (SSSR count). The number of aliphatic hydroxyl groups is 1. The average Bonchev–Trinajstić information content (AvgIpc) is 2.33. The topological polar surface area (TPSA) is 104 Å². The molecule has 0 saturated carbocycles. The van der Waals surface area contributed by atoms with E-state index < -0.39 is 10.5 Å². The lowest BCUT2D eigenvalue weighted by Gasteiger charge is -2.26. The second kappa shape index (κ2) is 6.47. The lowest BCUT2D eigenvalue weighted by Crippen LogP contribution is -2.37. The van der Waals surface area contributed by atoms with Gasteiger partial charge in [0.15, 0.2) is 0 Å². The van der Waals surface area contributed by atoms with Crippen molar-refractivity contribution in [2.45, 2.75) is 32.8 Å². The van der Waals surface area contributed by atoms with E-state index in [1.165, 1.54) is 6.33 Å². The van der Waals surface area contributed by atoms with Crippen molar-refractivity contribution >= 4 is 17.3 Å². The van der Waals surface area contributed by atoms with E-state index in [0.29, 0.717) is 6.54 Å². The van der Waals surface area contributed by atoms with Crippen LogP contribution < -0.4 is 10.2 Å². The first-order valence-corrected chi connectivity index (χ1v) is 6.43. The third-order valence-corrected chi connectivity index (χ3v) is 2.51. The van der Waals surface area contributed by atoms with E-state index in [9.17, 15) is 15.2 Å². The Morgan fingerprint density at radius 1 is 1.50 bits per heavy atom. The van der Waals surface area contributed by atoms with E-state index in [1.807, 2.05) is 6.92 Å². The molecule has 1 aromatic heterocycles. The van der Waals surface area contributed by atoms with Gasteiger partial charge >= 0.3 is 5.69 Å². The molecule has 0 aromatic carbocycles. The highest BCUT2D eigenvalue weighted by Crippen LogP contribution is 2.31. The summed E-state index contributed by atoms with van der Waals surface area (Å²) in [6, 6.07) is 0. The number of nitrogens with one attached hydrogen (secondary N) is 1. The van der Waals surface area contributed by atoms with E-state index in [2.05, 4.69) is 15.3 Å². The van der Waals surface area contributed by atoms with Gasteiger partial charge < -0.3 is 15.3 Å². The summed E-state index contributed by atoms with van der Waals surface area (Å²) >= 11 is 0. The molecule has 112 valence electrons. The standard InChI is InChI=1S/C12H21N5O3/c1-5-6-13-10-9(17(19)20)11(15-8-14-10)16(4)7-12(2,3)18/h8,18H,5-7H2,1-4H3,(H,13,14,15). The number of aromatic nitrogens is 2. The van der Waals surface area contributed by atoms with Crippen LogP contribution in [0.2, 0.25) is 0 Å². The van der Waals surface area contributed by atoms with Crippen molar-refractivity contribution in [3.05, 3.63) is 16.4 Å². The molecule has 0 unspecified atom stereocenters. The van der Waals surface area contributed by atoms with Gasteiger partial charge in [0, 0.05) is 20.1 Å². The maximum absolute atomic E-state index is 11.3. The predicted molar refractivity (Wildman–Crippen MR) is 77.0 cm³/mol. The average molecular weight is 283 g/mol. The Labute approximate surface area is 118 Å². The molecule has 8 nitrogen and oxygen atoms in total. The van der Waals surface area contributed by atoms with Gasteiger partial charge in [0.2, 0.25) is 11.6 Å². The van der Waals surface area contributed by atoms with Gasteiger partial charge in [-0.2, -0.15) is 0 Å². The summed E-state index contributed by atoms with van der Waals surface area (Å²) in [6.45, 7) is 6.03. The molecule has 0 atom stereocenters. The molecule has 0 aliphatic rings. The van der Waals surface area contributed by atoms with Crippen molar-refractivity contribution in [2.24, 2.45) is 0 Å². The van der Waals surface area contributed by atoms with Crippen molar-refractivity contribution in [2.75, 3.05) is 30.4 Å². The quantitative estimate of drug-likeness (QED) is 0.576. The molecule has 0 fully saturated rings. The second-order valence-electron chi connectivity index (χ2n) is 5.25. The normalized spacial score (nSPS) is 11.2. The van der Waals surface area contributed by atoms with Gasteiger partial charge in [0.1, 0.15) is 6.33 Å². The third kappa shape index (κ3) is 4.30. The lowest BCUT2D eigenvalue weighted by atomic mass is 10.1. The molecule has 20 heavy (non-hydrogen) atoms. The fraction of sp³-hybridized carbons (Fsp3) is 0.667. The van der Waals surface area contributed by atoms with Gasteiger partial charge in [-0.3, -0.25) is 10.1 Å². The summed E-state index contributed by atoms with van der Waals surface area (Å²) < 4.78 is 0. The van der Waals surface area contributed by atoms with Crippen molar-refractivity contribution < 1.29 is 10.0 Å². The fourth-order valence-electron chi connectivity index (χ4n) is 1.84. The van der Waals surface area contributed by atoms with Crippen molar-refractivity contribution in [1.29, 1.82) is 0 Å². The van der Waals surface area contributed by atoms with Crippen LogP contribution in [0, 0.1) is 10.1 Å². The first-order chi connectivity index (χ1) is 9.26. The Morgan fingerprint density at radius 2 is 2.15 bits per heavy atom. The van der Waals surface area contributed by atoms with E-state index in [4.69, 9.17) is 0 Å². The summed E-state index contributed by atoms with van der Waals surface area (Å²) in [5, 5.41) is 24.0. The zero-order valence-electron chi connectivity index (χ0n) is 12.3. The smallest absolute Gasteiger partial charge is 0.353 e. The van der Waals surface area contributed by atoms with E-state index in [-0.39, 0.29) is 23.9 Å². The predicted octanol–water partition coefficient (Wildman–Crippen LogP) is 1.41. The van der Waals surface area contributed by atoms with E-state index in [0.717, 1.165) is 6.42 Å². The monoisotopic (exact) mass is 283 g/mol. The molecule has 8 heteroatoms. The number of hydrogen-bond acceptors (Lipinski definition) is 7. The van der Waals surface area contributed by atoms with Crippen molar-refractivity contribution in [3.8, 4) is 0 Å². The SMILES string of the molecule is CCCNc1ncnc(N(C)CC(C)(C)O)c1[N+](=O)[O-]. The maximum Gasteiger partial charge on any atom is 0.353 e. The van der Waals surface area contributed by atoms with Crippen LogP contribution in [0.25, 0.3) is 0 Å². The van der Waals surface area contributed by atoms with Crippen LogP contribution in [0.15, 0.2) is 6.33 Å². The molecular formula is C12H21N5O3. The van der Waals surface area contributed by atoms with Crippen LogP contribution in [0.1, 0.15) is 27.2 Å². The van der Waals surface area contributed by atoms with Crippen LogP contribution in [0.4, 0.5) is 17.3 Å². The summed E-state index contributed by atoms with van der Waals surface area (Å²) in [6.07, 6.45) is 2.11. The molecule has 0 saturated heterocycles. The number of anilines is 2. The summed E-state index contributed by atoms with van der Waals surface area (Å²) in [4.78, 5) is 20.2. The zero-order valence-corrected chi connectivity index (χ0v) is 12.3. The Balaban J connectivity index is 3.15. The highest BCUT2D eigenvalue weighted by Gasteiger charge is 2.27. The summed E-state index contributed by atoms with van der Waals surface area (Å²) in [7, 11) is 1.65. The van der Waals surface area contributed by atoms with Crippen molar-refractivity contribution in [3.63, 3.8) is 0 Å². The summed E-state index contributed by atoms with van der Waals surface area (Å²) in [5.74, 6) is 0.384. The van der Waals surface area contributed by atoms with Gasteiger partial charge in [0.05, 0.1) is 10.5 Å². The van der Waals surface area contributed by atoms with Gasteiger partial charge in [-0.1, -0.05) is 6.92 Å². The molecule has 0 amide bonds. The number of hydrogen-bond donors (Lipinski definition) is 2. The minimum absolute atomic E-state index is 0.173. The first kappa shape index (κ1) is 16.1. The van der Waals surface area contributed by atoms with Gasteiger partial charge in [-0.05, 0) is 20.3 Å². The molecular weight excluding hydrogens is 262 g/mol.